The zero-order chi connectivity index (χ0) is 15.4. The molecule has 5 heteroatoms. The molecule has 1 atom stereocenters. The van der Waals surface area contributed by atoms with Crippen molar-refractivity contribution in [1.29, 1.82) is 0 Å². The van der Waals surface area contributed by atoms with Gasteiger partial charge in [-0.25, -0.2) is 4.98 Å². The van der Waals surface area contributed by atoms with Crippen molar-refractivity contribution < 1.29 is 4.92 Å². The van der Waals surface area contributed by atoms with Gasteiger partial charge < -0.3 is 5.32 Å². The van der Waals surface area contributed by atoms with Crippen LogP contribution in [0.1, 0.15) is 37.3 Å². The van der Waals surface area contributed by atoms with Crippen LogP contribution in [0.3, 0.4) is 0 Å². The number of nitrogens with zero attached hydrogens (tertiary/aromatic N) is 2. The first-order valence-electron chi connectivity index (χ1n) is 7.64. The first kappa shape index (κ1) is 14.5. The van der Waals surface area contributed by atoms with Crippen LogP contribution in [0.25, 0.3) is 0 Å². The molecule has 0 saturated heterocycles. The van der Waals surface area contributed by atoms with Crippen LogP contribution in [0.5, 0.6) is 0 Å². The molecule has 3 rings (SSSR count). The second-order valence-corrected chi connectivity index (χ2v) is 5.80. The zero-order valence-electron chi connectivity index (χ0n) is 12.3. The third-order valence-corrected chi connectivity index (χ3v) is 4.28. The largest absolute Gasteiger partial charge is 0.363 e. The van der Waals surface area contributed by atoms with E-state index in [9.17, 15) is 10.1 Å². The fourth-order valence-corrected chi connectivity index (χ4v) is 2.78. The molecular formula is C17H19N3O2. The predicted octanol–water partition coefficient (Wildman–Crippen LogP) is 4.33. The molecule has 0 amide bonds. The van der Waals surface area contributed by atoms with E-state index in [1.807, 2.05) is 18.2 Å². The number of hydrogen-bond donors (Lipinski definition) is 1. The average molecular weight is 297 g/mol. The minimum atomic E-state index is -0.431. The van der Waals surface area contributed by atoms with Gasteiger partial charge in [-0.05, 0) is 24.0 Å². The molecule has 1 aromatic carbocycles. The Morgan fingerprint density at radius 3 is 2.55 bits per heavy atom. The second-order valence-electron chi connectivity index (χ2n) is 5.80. The van der Waals surface area contributed by atoms with Crippen molar-refractivity contribution in [3.05, 3.63) is 64.3 Å². The maximum Gasteiger partial charge on any atom is 0.287 e. The van der Waals surface area contributed by atoms with Gasteiger partial charge in [0.05, 0.1) is 11.0 Å². The first-order valence-corrected chi connectivity index (χ1v) is 7.64. The molecule has 1 fully saturated rings. The Morgan fingerprint density at radius 2 is 2.00 bits per heavy atom. The molecule has 1 N–H and O–H groups in total. The quantitative estimate of drug-likeness (QED) is 0.636. The van der Waals surface area contributed by atoms with Crippen molar-refractivity contribution in [2.75, 3.05) is 5.32 Å². The molecule has 22 heavy (non-hydrogen) atoms. The maximum atomic E-state index is 10.7. The van der Waals surface area contributed by atoms with Crippen LogP contribution in [0.15, 0.2) is 48.7 Å². The van der Waals surface area contributed by atoms with E-state index in [4.69, 9.17) is 0 Å². The van der Waals surface area contributed by atoms with Crippen LogP contribution < -0.4 is 5.32 Å². The lowest BCUT2D eigenvalue weighted by atomic mass is 9.79. The van der Waals surface area contributed by atoms with Crippen molar-refractivity contribution in [2.24, 2.45) is 5.92 Å². The summed E-state index contributed by atoms with van der Waals surface area (Å²) in [5.74, 6) is 1.44. The Bertz CT molecular complexity index is 624. The number of hydrogen-bond acceptors (Lipinski definition) is 4. The molecule has 1 saturated carbocycles. The monoisotopic (exact) mass is 297 g/mol. The van der Waals surface area contributed by atoms with E-state index < -0.39 is 4.92 Å². The van der Waals surface area contributed by atoms with Crippen LogP contribution >= 0.6 is 0 Å². The third kappa shape index (κ3) is 3.42. The van der Waals surface area contributed by atoms with E-state index >= 15 is 0 Å². The summed E-state index contributed by atoms with van der Waals surface area (Å²) in [5, 5.41) is 14.1. The van der Waals surface area contributed by atoms with Crippen molar-refractivity contribution in [3.63, 3.8) is 0 Å². The second kappa shape index (κ2) is 6.56. The Hall–Kier alpha value is -2.43. The number of aromatic nitrogens is 1. The van der Waals surface area contributed by atoms with E-state index in [-0.39, 0.29) is 11.7 Å². The highest BCUT2D eigenvalue weighted by Gasteiger charge is 2.23. The van der Waals surface area contributed by atoms with E-state index in [1.165, 1.54) is 37.1 Å². The van der Waals surface area contributed by atoms with Crippen LogP contribution in [0.2, 0.25) is 0 Å². The number of rotatable bonds is 6. The SMILES string of the molecule is O=[N+]([O-])c1ccc(NC(CC2CCC2)c2ccccc2)nc1. The van der Waals surface area contributed by atoms with Crippen molar-refractivity contribution >= 4 is 11.5 Å². The Kier molecular flexibility index (Phi) is 4.32. The lowest BCUT2D eigenvalue weighted by Crippen LogP contribution is -2.20. The number of anilines is 1. The molecule has 0 spiro atoms. The Morgan fingerprint density at radius 1 is 1.23 bits per heavy atom. The first-order chi connectivity index (χ1) is 10.7. The van der Waals surface area contributed by atoms with E-state index in [0.29, 0.717) is 5.82 Å². The lowest BCUT2D eigenvalue weighted by Gasteiger charge is -2.30. The minimum Gasteiger partial charge on any atom is -0.363 e. The minimum absolute atomic E-state index is 0.0146. The van der Waals surface area contributed by atoms with Gasteiger partial charge in [-0.15, -0.1) is 0 Å². The molecular weight excluding hydrogens is 278 g/mol. The van der Waals surface area contributed by atoms with Gasteiger partial charge in [0.25, 0.3) is 5.69 Å². The molecule has 0 bridgehead atoms. The molecule has 1 aliphatic carbocycles. The highest BCUT2D eigenvalue weighted by atomic mass is 16.6. The molecule has 1 aliphatic rings. The molecule has 1 heterocycles. The van der Waals surface area contributed by atoms with E-state index in [0.717, 1.165) is 12.3 Å². The summed E-state index contributed by atoms with van der Waals surface area (Å²) in [7, 11) is 0. The molecule has 0 radical (unpaired) electrons. The number of nitrogens with one attached hydrogen (secondary N) is 1. The van der Waals surface area contributed by atoms with Crippen LogP contribution in [-0.4, -0.2) is 9.91 Å². The molecule has 5 nitrogen and oxygen atoms in total. The normalized spacial score (nSPS) is 15.8. The summed E-state index contributed by atoms with van der Waals surface area (Å²) < 4.78 is 0. The van der Waals surface area contributed by atoms with Gasteiger partial charge in [-0.2, -0.15) is 0 Å². The van der Waals surface area contributed by atoms with Gasteiger partial charge in [-0.3, -0.25) is 10.1 Å². The number of benzene rings is 1. The van der Waals surface area contributed by atoms with Crippen molar-refractivity contribution in [3.8, 4) is 0 Å². The third-order valence-electron chi connectivity index (χ3n) is 4.28. The Labute approximate surface area is 129 Å². The molecule has 2 aromatic rings. The topological polar surface area (TPSA) is 68.1 Å². The van der Waals surface area contributed by atoms with Crippen LogP contribution in [-0.2, 0) is 0 Å². The van der Waals surface area contributed by atoms with Crippen molar-refractivity contribution in [1.82, 2.24) is 4.98 Å². The van der Waals surface area contributed by atoms with Gasteiger partial charge in [0.1, 0.15) is 12.0 Å². The molecule has 1 aromatic heterocycles. The van der Waals surface area contributed by atoms with Crippen LogP contribution in [0.4, 0.5) is 11.5 Å². The summed E-state index contributed by atoms with van der Waals surface area (Å²) in [6.07, 6.45) is 6.27. The lowest BCUT2D eigenvalue weighted by molar-refractivity contribution is -0.385. The summed E-state index contributed by atoms with van der Waals surface area (Å²) >= 11 is 0. The summed E-state index contributed by atoms with van der Waals surface area (Å²) in [6.45, 7) is 0. The van der Waals surface area contributed by atoms with Crippen LogP contribution in [0, 0.1) is 16.0 Å². The van der Waals surface area contributed by atoms with Gasteiger partial charge >= 0.3 is 0 Å². The Balaban J connectivity index is 1.75. The highest BCUT2D eigenvalue weighted by molar-refractivity contribution is 5.42. The fraction of sp³-hybridized carbons (Fsp3) is 0.353. The van der Waals surface area contributed by atoms with Gasteiger partial charge in [0, 0.05) is 6.07 Å². The fourth-order valence-electron chi connectivity index (χ4n) is 2.78. The molecule has 114 valence electrons. The smallest absolute Gasteiger partial charge is 0.287 e. The van der Waals surface area contributed by atoms with E-state index in [1.54, 1.807) is 6.07 Å². The summed E-state index contributed by atoms with van der Waals surface area (Å²) in [5.41, 5.74) is 1.25. The van der Waals surface area contributed by atoms with Gasteiger partial charge in [-0.1, -0.05) is 49.6 Å². The highest BCUT2D eigenvalue weighted by Crippen LogP contribution is 2.36. The molecule has 1 unspecified atom stereocenters. The van der Waals surface area contributed by atoms with Gasteiger partial charge in [0.2, 0.25) is 0 Å². The molecule has 0 aliphatic heterocycles. The predicted molar refractivity (Wildman–Crippen MR) is 85.7 cm³/mol. The zero-order valence-corrected chi connectivity index (χ0v) is 12.3. The van der Waals surface area contributed by atoms with E-state index in [2.05, 4.69) is 22.4 Å². The average Bonchev–Trinajstić information content (AvgIpc) is 2.51. The van der Waals surface area contributed by atoms with Gasteiger partial charge in [0.15, 0.2) is 0 Å². The summed E-state index contributed by atoms with van der Waals surface area (Å²) in [4.78, 5) is 14.4. The summed E-state index contributed by atoms with van der Waals surface area (Å²) in [6, 6.07) is 13.7. The number of pyridine rings is 1. The maximum absolute atomic E-state index is 10.7. The number of nitro groups is 1. The standard InChI is InChI=1S/C17H19N3O2/c21-20(22)15-9-10-17(18-12-15)19-16(11-13-5-4-6-13)14-7-2-1-3-8-14/h1-3,7-10,12-13,16H,4-6,11H2,(H,18,19). The van der Waals surface area contributed by atoms with Crippen molar-refractivity contribution in [2.45, 2.75) is 31.7 Å².